The molecule has 45 heavy (non-hydrogen) atoms. The standard InChI is InChI=1S/C38H48N6O/c1-5-7-15-30(6-2)37-33(27-42-21-23-43(24-22-42)35(25-39)44-20-13-14-28(3)26-44)36(32-18-11-12-19-34(32)41-37)38(45)40-29(4)31-16-9-8-10-17-31/h5-12,15-19,25,28-29H,1,13-14,20-24,26-27,39H2,2-4H3,(H,40,45)/b15-7-,30-6+,35-25-/t28?,29-/m0/s1. The number of para-hydroxylation sites is 1. The highest BCUT2D eigenvalue weighted by Gasteiger charge is 2.28. The maximum Gasteiger partial charge on any atom is 0.252 e. The predicted octanol–water partition coefficient (Wildman–Crippen LogP) is 6.48. The molecule has 236 valence electrons. The van der Waals surface area contributed by atoms with E-state index in [1.807, 2.05) is 80.6 Å². The van der Waals surface area contributed by atoms with Crippen LogP contribution in [0.4, 0.5) is 0 Å². The lowest BCUT2D eigenvalue weighted by atomic mass is 9.94. The summed E-state index contributed by atoms with van der Waals surface area (Å²) in [5.74, 6) is 1.74. The fraction of sp³-hybridized carbons (Fsp3) is 0.368. The summed E-state index contributed by atoms with van der Waals surface area (Å²) in [6, 6.07) is 17.9. The van der Waals surface area contributed by atoms with Gasteiger partial charge in [0.15, 0.2) is 0 Å². The summed E-state index contributed by atoms with van der Waals surface area (Å²) < 4.78 is 0. The van der Waals surface area contributed by atoms with Gasteiger partial charge < -0.3 is 20.9 Å². The van der Waals surface area contributed by atoms with E-state index in [2.05, 4.69) is 39.6 Å². The molecule has 2 atom stereocenters. The van der Waals surface area contributed by atoms with Crippen LogP contribution in [0.2, 0.25) is 0 Å². The Morgan fingerprint density at radius 3 is 2.49 bits per heavy atom. The number of benzene rings is 2. The zero-order valence-electron chi connectivity index (χ0n) is 27.1. The fourth-order valence-electron chi connectivity index (χ4n) is 6.65. The number of aromatic nitrogens is 1. The van der Waals surface area contributed by atoms with E-state index in [1.165, 1.54) is 12.8 Å². The predicted molar refractivity (Wildman–Crippen MR) is 186 cm³/mol. The van der Waals surface area contributed by atoms with E-state index in [9.17, 15) is 4.79 Å². The molecule has 3 N–H and O–H groups in total. The summed E-state index contributed by atoms with van der Waals surface area (Å²) in [6.07, 6.45) is 12.1. The van der Waals surface area contributed by atoms with Gasteiger partial charge >= 0.3 is 0 Å². The van der Waals surface area contributed by atoms with Gasteiger partial charge in [-0.3, -0.25) is 9.69 Å². The molecule has 5 rings (SSSR count). The Kier molecular flexibility index (Phi) is 10.7. The SMILES string of the molecule is C=C/C=C\C(=C/C)c1nc2ccccc2c(C(=O)N[C@@H](C)c2ccccc2)c1CN1CCN(/C(=C/N)N2CCCC(C)C2)CC1. The molecule has 3 heterocycles. The second-order valence-electron chi connectivity index (χ2n) is 12.3. The molecule has 2 aliphatic heterocycles. The first kappa shape index (κ1) is 32.0. The Hall–Kier alpha value is -4.36. The molecule has 0 aliphatic carbocycles. The quantitative estimate of drug-likeness (QED) is 0.258. The molecule has 2 aromatic carbocycles. The van der Waals surface area contributed by atoms with Crippen molar-refractivity contribution in [2.24, 2.45) is 11.7 Å². The molecular formula is C38H48N6O. The van der Waals surface area contributed by atoms with Crippen molar-refractivity contribution in [3.05, 3.63) is 120 Å². The monoisotopic (exact) mass is 604 g/mol. The minimum atomic E-state index is -0.147. The number of piperazine rings is 1. The number of nitrogens with one attached hydrogen (secondary N) is 1. The van der Waals surface area contributed by atoms with Gasteiger partial charge in [-0.1, -0.05) is 86.3 Å². The van der Waals surface area contributed by atoms with E-state index in [-0.39, 0.29) is 11.9 Å². The Morgan fingerprint density at radius 2 is 1.80 bits per heavy atom. The molecule has 7 nitrogen and oxygen atoms in total. The van der Waals surface area contributed by atoms with Gasteiger partial charge in [-0.25, -0.2) is 4.98 Å². The van der Waals surface area contributed by atoms with Crippen LogP contribution < -0.4 is 11.1 Å². The van der Waals surface area contributed by atoms with E-state index in [0.29, 0.717) is 18.0 Å². The molecule has 7 heteroatoms. The number of rotatable bonds is 10. The third kappa shape index (κ3) is 7.48. The minimum Gasteiger partial charge on any atom is -0.402 e. The van der Waals surface area contributed by atoms with Gasteiger partial charge in [0.1, 0.15) is 5.82 Å². The molecule has 2 saturated heterocycles. The summed E-state index contributed by atoms with van der Waals surface area (Å²) in [5.41, 5.74) is 11.5. The first-order valence-corrected chi connectivity index (χ1v) is 16.3. The number of piperidine rings is 1. The number of nitrogens with two attached hydrogens (primary N) is 1. The lowest BCUT2D eigenvalue weighted by Crippen LogP contribution is -2.50. The first-order chi connectivity index (χ1) is 21.9. The highest BCUT2D eigenvalue weighted by molar-refractivity contribution is 6.08. The van der Waals surface area contributed by atoms with Crippen LogP contribution in [-0.4, -0.2) is 64.9 Å². The van der Waals surface area contributed by atoms with Crippen molar-refractivity contribution in [2.75, 3.05) is 39.3 Å². The Labute approximate surface area is 268 Å². The van der Waals surface area contributed by atoms with Crippen LogP contribution in [-0.2, 0) is 6.54 Å². The summed E-state index contributed by atoms with van der Waals surface area (Å²) in [7, 11) is 0. The van der Waals surface area contributed by atoms with E-state index >= 15 is 0 Å². The number of nitrogens with zero attached hydrogens (tertiary/aromatic N) is 4. The topological polar surface area (TPSA) is 77.7 Å². The second kappa shape index (κ2) is 15.1. The van der Waals surface area contributed by atoms with Crippen LogP contribution in [0.1, 0.15) is 66.8 Å². The van der Waals surface area contributed by atoms with Gasteiger partial charge in [0.2, 0.25) is 0 Å². The number of fused-ring (bicyclic) bond motifs is 1. The second-order valence-corrected chi connectivity index (χ2v) is 12.3. The van der Waals surface area contributed by atoms with Gasteiger partial charge in [-0.05, 0) is 49.8 Å². The largest absolute Gasteiger partial charge is 0.402 e. The van der Waals surface area contributed by atoms with Crippen molar-refractivity contribution in [2.45, 2.75) is 46.2 Å². The van der Waals surface area contributed by atoms with Gasteiger partial charge in [0.05, 0.1) is 22.8 Å². The summed E-state index contributed by atoms with van der Waals surface area (Å²) in [6.45, 7) is 16.5. The van der Waals surface area contributed by atoms with Crippen LogP contribution in [0.15, 0.2) is 97.5 Å². The highest BCUT2D eigenvalue weighted by Crippen LogP contribution is 2.31. The number of likely N-dealkylation sites (tertiary alicyclic amines) is 1. The number of amides is 1. The number of pyridine rings is 1. The number of hydrogen-bond acceptors (Lipinski definition) is 6. The summed E-state index contributed by atoms with van der Waals surface area (Å²) >= 11 is 0. The Bertz CT molecular complexity index is 1570. The van der Waals surface area contributed by atoms with Gasteiger partial charge in [-0.15, -0.1) is 0 Å². The average molecular weight is 605 g/mol. The summed E-state index contributed by atoms with van der Waals surface area (Å²) in [5, 5.41) is 4.17. The molecule has 3 aromatic rings. The van der Waals surface area contributed by atoms with E-state index in [0.717, 1.165) is 78.4 Å². The van der Waals surface area contributed by atoms with Crippen molar-refractivity contribution < 1.29 is 4.79 Å². The lowest BCUT2D eigenvalue weighted by molar-refractivity contribution is 0.0930. The van der Waals surface area contributed by atoms with Crippen molar-refractivity contribution in [3.8, 4) is 0 Å². The van der Waals surface area contributed by atoms with Crippen molar-refractivity contribution in [3.63, 3.8) is 0 Å². The fourth-order valence-corrected chi connectivity index (χ4v) is 6.65. The van der Waals surface area contributed by atoms with Crippen LogP contribution >= 0.6 is 0 Å². The molecule has 0 bridgehead atoms. The third-order valence-electron chi connectivity index (χ3n) is 9.07. The Morgan fingerprint density at radius 1 is 1.07 bits per heavy atom. The molecule has 2 fully saturated rings. The van der Waals surface area contributed by atoms with Crippen molar-refractivity contribution in [1.29, 1.82) is 0 Å². The molecule has 1 amide bonds. The highest BCUT2D eigenvalue weighted by atomic mass is 16.1. The smallest absolute Gasteiger partial charge is 0.252 e. The number of hydrogen-bond donors (Lipinski definition) is 2. The number of carbonyl (C=O) groups is 1. The normalized spacial score (nSPS) is 19.2. The van der Waals surface area contributed by atoms with Crippen LogP contribution in [0, 0.1) is 5.92 Å². The molecule has 1 aromatic heterocycles. The molecule has 2 aliphatic rings. The number of carbonyl (C=O) groups excluding carboxylic acids is 1. The van der Waals surface area contributed by atoms with E-state index in [4.69, 9.17) is 10.7 Å². The zero-order chi connectivity index (χ0) is 31.8. The van der Waals surface area contributed by atoms with Crippen LogP contribution in [0.5, 0.6) is 0 Å². The third-order valence-corrected chi connectivity index (χ3v) is 9.07. The van der Waals surface area contributed by atoms with Gasteiger partial charge in [0.25, 0.3) is 5.91 Å². The minimum absolute atomic E-state index is 0.0874. The lowest BCUT2D eigenvalue weighted by Gasteiger charge is -2.43. The maximum atomic E-state index is 14.3. The van der Waals surface area contributed by atoms with Crippen LogP contribution in [0.3, 0.4) is 0 Å². The summed E-state index contributed by atoms with van der Waals surface area (Å²) in [4.78, 5) is 26.8. The average Bonchev–Trinajstić information content (AvgIpc) is 3.06. The maximum absolute atomic E-state index is 14.3. The molecule has 0 radical (unpaired) electrons. The van der Waals surface area contributed by atoms with Crippen LogP contribution in [0.25, 0.3) is 16.5 Å². The van der Waals surface area contributed by atoms with Crippen molar-refractivity contribution >= 4 is 22.4 Å². The Balaban J connectivity index is 1.48. The van der Waals surface area contributed by atoms with Gasteiger partial charge in [0, 0.05) is 63.0 Å². The zero-order valence-corrected chi connectivity index (χ0v) is 27.1. The molecule has 0 spiro atoms. The molecule has 1 unspecified atom stereocenters. The molecular weight excluding hydrogens is 556 g/mol. The van der Waals surface area contributed by atoms with Crippen molar-refractivity contribution in [1.82, 2.24) is 25.0 Å². The van der Waals surface area contributed by atoms with Gasteiger partial charge in [-0.2, -0.15) is 0 Å². The number of allylic oxidation sites excluding steroid dienone is 5. The van der Waals surface area contributed by atoms with E-state index in [1.54, 1.807) is 12.3 Å². The first-order valence-electron chi connectivity index (χ1n) is 16.3. The van der Waals surface area contributed by atoms with E-state index < -0.39 is 0 Å². The molecule has 0 saturated carbocycles.